The van der Waals surface area contributed by atoms with Crippen molar-refractivity contribution in [3.8, 4) is 0 Å². The molecule has 0 bridgehead atoms. The molecule has 2 rings (SSSR count). The Kier molecular flexibility index (Phi) is 5.85. The van der Waals surface area contributed by atoms with Crippen molar-refractivity contribution in [3.63, 3.8) is 0 Å². The number of hydrogen-bond acceptors (Lipinski definition) is 3. The fourth-order valence-corrected chi connectivity index (χ4v) is 3.34. The van der Waals surface area contributed by atoms with Crippen molar-refractivity contribution in [2.75, 3.05) is 6.54 Å². The smallest absolute Gasteiger partial charge is 0.151 e. The van der Waals surface area contributed by atoms with Gasteiger partial charge in [-0.3, -0.25) is 0 Å². The second-order valence-corrected chi connectivity index (χ2v) is 7.33. The number of imidazole rings is 1. The van der Waals surface area contributed by atoms with Crippen LogP contribution in [0.1, 0.15) is 50.0 Å². The maximum Gasteiger partial charge on any atom is 0.151 e. The minimum atomic E-state index is 0.131. The molecule has 0 aliphatic heterocycles. The summed E-state index contributed by atoms with van der Waals surface area (Å²) in [5.74, 6) is 0.996. The van der Waals surface area contributed by atoms with Crippen LogP contribution in [0.5, 0.6) is 0 Å². The summed E-state index contributed by atoms with van der Waals surface area (Å²) in [6.45, 7) is 8.33. The minimum absolute atomic E-state index is 0.131. The van der Waals surface area contributed by atoms with Crippen molar-refractivity contribution in [2.24, 2.45) is 0 Å². The van der Waals surface area contributed by atoms with E-state index in [2.05, 4.69) is 53.6 Å². The molecule has 0 atom stereocenters. The average Bonchev–Trinajstić information content (AvgIpc) is 3.07. The van der Waals surface area contributed by atoms with E-state index in [4.69, 9.17) is 11.6 Å². The summed E-state index contributed by atoms with van der Waals surface area (Å²) >= 11 is 8.00. The first kappa shape index (κ1) is 16.5. The summed E-state index contributed by atoms with van der Waals surface area (Å²) in [6.07, 6.45) is 3.28. The average molecular weight is 326 g/mol. The van der Waals surface area contributed by atoms with Crippen molar-refractivity contribution >= 4 is 22.9 Å². The molecule has 2 N–H and O–H groups in total. The molecule has 2 aromatic heterocycles. The van der Waals surface area contributed by atoms with Gasteiger partial charge < -0.3 is 10.3 Å². The number of nitrogens with one attached hydrogen (secondary N) is 2. The number of aromatic amines is 1. The van der Waals surface area contributed by atoms with Crippen LogP contribution in [0.3, 0.4) is 0 Å². The van der Waals surface area contributed by atoms with E-state index in [1.807, 2.05) is 0 Å². The van der Waals surface area contributed by atoms with Crippen LogP contribution in [-0.4, -0.2) is 16.5 Å². The van der Waals surface area contributed by atoms with Crippen molar-refractivity contribution < 1.29 is 0 Å². The van der Waals surface area contributed by atoms with Crippen LogP contribution in [0.25, 0.3) is 0 Å². The molecule has 2 heterocycles. The monoisotopic (exact) mass is 325 g/mol. The quantitative estimate of drug-likeness (QED) is 0.748. The Bertz CT molecular complexity index is 546. The van der Waals surface area contributed by atoms with Crippen molar-refractivity contribution in [1.82, 2.24) is 15.3 Å². The van der Waals surface area contributed by atoms with Crippen molar-refractivity contribution in [2.45, 2.75) is 52.0 Å². The second-order valence-electron chi connectivity index (χ2n) is 6.02. The van der Waals surface area contributed by atoms with E-state index in [0.29, 0.717) is 5.15 Å². The summed E-state index contributed by atoms with van der Waals surface area (Å²) in [5.41, 5.74) is 1.12. The lowest BCUT2D eigenvalue weighted by molar-refractivity contribution is 0.475. The molecule has 0 unspecified atom stereocenters. The van der Waals surface area contributed by atoms with Gasteiger partial charge in [0.15, 0.2) is 5.15 Å². The highest BCUT2D eigenvalue weighted by Gasteiger charge is 2.21. The molecule has 0 fully saturated rings. The Labute approximate surface area is 136 Å². The van der Waals surface area contributed by atoms with Gasteiger partial charge in [-0.15, -0.1) is 11.3 Å². The first-order valence-electron chi connectivity index (χ1n) is 7.51. The third-order valence-corrected chi connectivity index (χ3v) is 5.15. The molecule has 116 valence electrons. The van der Waals surface area contributed by atoms with E-state index in [0.717, 1.165) is 37.4 Å². The fourth-order valence-electron chi connectivity index (χ4n) is 2.27. The molecule has 0 spiro atoms. The van der Waals surface area contributed by atoms with Crippen molar-refractivity contribution in [3.05, 3.63) is 39.1 Å². The molecule has 0 amide bonds. The number of aromatic nitrogens is 2. The van der Waals surface area contributed by atoms with Gasteiger partial charge in [0.05, 0.1) is 5.69 Å². The molecule has 0 saturated carbocycles. The van der Waals surface area contributed by atoms with Crippen LogP contribution in [0.2, 0.25) is 5.15 Å². The number of hydrogen-bond donors (Lipinski definition) is 2. The van der Waals surface area contributed by atoms with Gasteiger partial charge in [-0.2, -0.15) is 0 Å². The SMILES string of the molecule is CCCCc1nc(Cl)c(CNCC(C)(C)c2cccs2)[nH]1. The third kappa shape index (κ3) is 4.56. The van der Waals surface area contributed by atoms with E-state index in [9.17, 15) is 0 Å². The Morgan fingerprint density at radius 3 is 2.90 bits per heavy atom. The zero-order chi connectivity index (χ0) is 15.3. The molecule has 2 aromatic rings. The molecule has 5 heteroatoms. The fraction of sp³-hybridized carbons (Fsp3) is 0.562. The van der Waals surface area contributed by atoms with E-state index in [1.165, 1.54) is 11.3 Å². The first-order chi connectivity index (χ1) is 10.0. The van der Waals surface area contributed by atoms with Gasteiger partial charge >= 0.3 is 0 Å². The van der Waals surface area contributed by atoms with E-state index >= 15 is 0 Å². The van der Waals surface area contributed by atoms with Crippen LogP contribution >= 0.6 is 22.9 Å². The summed E-state index contributed by atoms with van der Waals surface area (Å²) in [7, 11) is 0. The normalized spacial score (nSPS) is 12.0. The number of nitrogens with zero attached hydrogens (tertiary/aromatic N) is 1. The third-order valence-electron chi connectivity index (χ3n) is 3.60. The number of thiophene rings is 1. The van der Waals surface area contributed by atoms with E-state index < -0.39 is 0 Å². The van der Waals surface area contributed by atoms with Gasteiger partial charge in [-0.1, -0.05) is 44.9 Å². The molecular weight excluding hydrogens is 302 g/mol. The summed E-state index contributed by atoms with van der Waals surface area (Å²) in [5, 5.41) is 6.22. The summed E-state index contributed by atoms with van der Waals surface area (Å²) in [4.78, 5) is 9.12. The van der Waals surface area contributed by atoms with Crippen LogP contribution in [0, 0.1) is 0 Å². The maximum absolute atomic E-state index is 6.19. The lowest BCUT2D eigenvalue weighted by Crippen LogP contribution is -2.32. The van der Waals surface area contributed by atoms with Crippen molar-refractivity contribution in [1.29, 1.82) is 0 Å². The predicted octanol–water partition coefficient (Wildman–Crippen LogP) is 4.53. The first-order valence-corrected chi connectivity index (χ1v) is 8.76. The lowest BCUT2D eigenvalue weighted by atomic mass is 9.91. The van der Waals surface area contributed by atoms with Crippen LogP contribution in [0.4, 0.5) is 0 Å². The summed E-state index contributed by atoms with van der Waals surface area (Å²) < 4.78 is 0. The minimum Gasteiger partial charge on any atom is -0.344 e. The molecule has 0 aliphatic carbocycles. The number of halogens is 1. The highest BCUT2D eigenvalue weighted by Crippen LogP contribution is 2.26. The maximum atomic E-state index is 6.19. The molecule has 0 aromatic carbocycles. The molecular formula is C16H24ClN3S. The highest BCUT2D eigenvalue weighted by molar-refractivity contribution is 7.10. The standard InChI is InChI=1S/C16H24ClN3S/c1-4-5-8-14-19-12(15(17)20-14)10-18-11-16(2,3)13-7-6-9-21-13/h6-7,9,18H,4-5,8,10-11H2,1-3H3,(H,19,20). The zero-order valence-electron chi connectivity index (χ0n) is 13.0. The Hall–Kier alpha value is -0.840. The predicted molar refractivity (Wildman–Crippen MR) is 91.3 cm³/mol. The molecule has 0 aliphatic rings. The lowest BCUT2D eigenvalue weighted by Gasteiger charge is -2.23. The van der Waals surface area contributed by atoms with Gasteiger partial charge in [0, 0.05) is 29.8 Å². The summed E-state index contributed by atoms with van der Waals surface area (Å²) in [6, 6.07) is 4.30. The van der Waals surface area contributed by atoms with Gasteiger partial charge in [-0.25, -0.2) is 4.98 Å². The molecule has 21 heavy (non-hydrogen) atoms. The Morgan fingerprint density at radius 1 is 1.43 bits per heavy atom. The van der Waals surface area contributed by atoms with Gasteiger partial charge in [0.25, 0.3) is 0 Å². The number of H-pyrrole nitrogens is 1. The van der Waals surface area contributed by atoms with Gasteiger partial charge in [0.1, 0.15) is 5.82 Å². The number of unbranched alkanes of at least 4 members (excludes halogenated alkanes) is 1. The second kappa shape index (κ2) is 7.43. The largest absolute Gasteiger partial charge is 0.344 e. The topological polar surface area (TPSA) is 40.7 Å². The van der Waals surface area contributed by atoms with Gasteiger partial charge in [-0.05, 0) is 17.9 Å². The van der Waals surface area contributed by atoms with Gasteiger partial charge in [0.2, 0.25) is 0 Å². The highest BCUT2D eigenvalue weighted by atomic mass is 35.5. The molecule has 0 saturated heterocycles. The van der Waals surface area contributed by atoms with Crippen LogP contribution < -0.4 is 5.32 Å². The van der Waals surface area contributed by atoms with E-state index in [-0.39, 0.29) is 5.41 Å². The zero-order valence-corrected chi connectivity index (χ0v) is 14.6. The number of rotatable bonds is 8. The Morgan fingerprint density at radius 2 is 2.24 bits per heavy atom. The van der Waals surface area contributed by atoms with Crippen LogP contribution in [-0.2, 0) is 18.4 Å². The molecule has 3 nitrogen and oxygen atoms in total. The van der Waals surface area contributed by atoms with E-state index in [1.54, 1.807) is 11.3 Å². The van der Waals surface area contributed by atoms with Crippen LogP contribution in [0.15, 0.2) is 17.5 Å². The number of aryl methyl sites for hydroxylation is 1. The molecule has 0 radical (unpaired) electrons. The Balaban J connectivity index is 1.87.